The maximum atomic E-state index is 4.94. The van der Waals surface area contributed by atoms with Crippen LogP contribution in [0.5, 0.6) is 0 Å². The SMILES string of the molecule is CCc1nc2ccccc2n1-c1ccc2cc(-c3c4ccccc4c(-c4cccc(-c5ccccc5)c4)c4cc(-c5ccccc5)ccc34)ccc2c1. The Bertz CT molecular complexity index is 2970. The fraction of sp³-hybridized carbons (Fsp3) is 0.0392. The van der Waals surface area contributed by atoms with Gasteiger partial charge in [0.1, 0.15) is 5.82 Å². The number of aromatic nitrogens is 2. The van der Waals surface area contributed by atoms with Crippen molar-refractivity contribution in [3.63, 3.8) is 0 Å². The molecule has 0 aliphatic carbocycles. The Morgan fingerprint density at radius 1 is 0.396 bits per heavy atom. The van der Waals surface area contributed by atoms with Crippen LogP contribution in [-0.4, -0.2) is 9.55 Å². The lowest BCUT2D eigenvalue weighted by Crippen LogP contribution is -2.00. The number of hydrogen-bond acceptors (Lipinski definition) is 1. The van der Waals surface area contributed by atoms with Gasteiger partial charge in [0.05, 0.1) is 11.0 Å². The second kappa shape index (κ2) is 12.8. The van der Waals surface area contributed by atoms with Crippen molar-refractivity contribution in [2.75, 3.05) is 0 Å². The van der Waals surface area contributed by atoms with Crippen LogP contribution in [0.25, 0.3) is 93.5 Å². The molecule has 0 unspecified atom stereocenters. The zero-order chi connectivity index (χ0) is 35.3. The highest BCUT2D eigenvalue weighted by atomic mass is 15.1. The molecular weight excluding hydrogens is 641 g/mol. The van der Waals surface area contributed by atoms with Crippen molar-refractivity contribution in [1.82, 2.24) is 9.55 Å². The molecule has 0 saturated heterocycles. The van der Waals surface area contributed by atoms with Crippen molar-refractivity contribution in [3.05, 3.63) is 194 Å². The molecule has 0 spiro atoms. The Morgan fingerprint density at radius 3 is 1.70 bits per heavy atom. The van der Waals surface area contributed by atoms with Gasteiger partial charge >= 0.3 is 0 Å². The van der Waals surface area contributed by atoms with Crippen molar-refractivity contribution in [2.45, 2.75) is 13.3 Å². The third-order valence-electron chi connectivity index (χ3n) is 10.7. The van der Waals surface area contributed by atoms with Gasteiger partial charge in [-0.2, -0.15) is 0 Å². The molecule has 1 aromatic heterocycles. The molecule has 0 atom stereocenters. The van der Waals surface area contributed by atoms with Crippen LogP contribution in [0.3, 0.4) is 0 Å². The molecule has 10 rings (SSSR count). The van der Waals surface area contributed by atoms with Gasteiger partial charge in [-0.1, -0.05) is 153 Å². The third-order valence-corrected chi connectivity index (χ3v) is 10.7. The van der Waals surface area contributed by atoms with E-state index in [1.165, 1.54) is 76.8 Å². The topological polar surface area (TPSA) is 17.8 Å². The van der Waals surface area contributed by atoms with Gasteiger partial charge in [0.2, 0.25) is 0 Å². The zero-order valence-corrected chi connectivity index (χ0v) is 29.5. The summed E-state index contributed by atoms with van der Waals surface area (Å²) in [5.74, 6) is 1.07. The summed E-state index contributed by atoms with van der Waals surface area (Å²) in [7, 11) is 0. The van der Waals surface area contributed by atoms with Crippen LogP contribution in [0.15, 0.2) is 188 Å². The first-order valence-corrected chi connectivity index (χ1v) is 18.4. The van der Waals surface area contributed by atoms with Crippen LogP contribution in [0.1, 0.15) is 12.7 Å². The summed E-state index contributed by atoms with van der Waals surface area (Å²) in [5.41, 5.74) is 13.1. The fourth-order valence-electron chi connectivity index (χ4n) is 8.22. The Labute approximate surface area is 309 Å². The number of hydrogen-bond donors (Lipinski definition) is 0. The van der Waals surface area contributed by atoms with Crippen LogP contribution in [0, 0.1) is 0 Å². The van der Waals surface area contributed by atoms with Crippen LogP contribution >= 0.6 is 0 Å². The Hall–Kier alpha value is -6.77. The van der Waals surface area contributed by atoms with E-state index in [2.05, 4.69) is 200 Å². The smallest absolute Gasteiger partial charge is 0.114 e. The second-order valence-electron chi connectivity index (χ2n) is 13.8. The molecule has 0 aliphatic heterocycles. The van der Waals surface area contributed by atoms with Crippen LogP contribution in [0.4, 0.5) is 0 Å². The molecule has 0 saturated carbocycles. The molecule has 250 valence electrons. The Balaban J connectivity index is 1.20. The summed E-state index contributed by atoms with van der Waals surface area (Å²) in [6, 6.07) is 68.6. The minimum atomic E-state index is 0.865. The van der Waals surface area contributed by atoms with Gasteiger partial charge in [-0.05, 0) is 119 Å². The molecule has 0 amide bonds. The normalized spacial score (nSPS) is 11.6. The zero-order valence-electron chi connectivity index (χ0n) is 29.5. The standard InChI is InChI=1S/C51H36N2/c1-2-49-52-47-22-11-12-23-48(47)53(49)42-28-26-37-31-41(25-24-38(37)32-42)50-43-20-9-10-21-44(43)51(40-19-13-18-36(30-40)34-14-5-3-6-15-34)46-33-39(27-29-45(46)50)35-16-7-4-8-17-35/h3-33H,2H2,1H3. The molecule has 53 heavy (non-hydrogen) atoms. The van der Waals surface area contributed by atoms with E-state index < -0.39 is 0 Å². The number of nitrogens with zero attached hydrogens (tertiary/aromatic N) is 2. The average molecular weight is 677 g/mol. The molecular formula is C51H36N2. The molecule has 10 aromatic rings. The molecule has 2 nitrogen and oxygen atoms in total. The van der Waals surface area contributed by atoms with E-state index in [0.29, 0.717) is 0 Å². The number of benzene rings is 9. The van der Waals surface area contributed by atoms with E-state index in [9.17, 15) is 0 Å². The van der Waals surface area contributed by atoms with Gasteiger partial charge in [-0.3, -0.25) is 4.57 Å². The molecule has 0 fully saturated rings. The first-order valence-electron chi connectivity index (χ1n) is 18.4. The lowest BCUT2D eigenvalue weighted by Gasteiger charge is -2.19. The molecule has 0 radical (unpaired) electrons. The second-order valence-corrected chi connectivity index (χ2v) is 13.8. The maximum absolute atomic E-state index is 4.94. The quantitative estimate of drug-likeness (QED) is 0.160. The third kappa shape index (κ3) is 5.30. The first-order chi connectivity index (χ1) is 26.2. The predicted octanol–water partition coefficient (Wildman–Crippen LogP) is 13.7. The van der Waals surface area contributed by atoms with E-state index in [1.54, 1.807) is 0 Å². The number of para-hydroxylation sites is 2. The maximum Gasteiger partial charge on any atom is 0.114 e. The van der Waals surface area contributed by atoms with E-state index in [4.69, 9.17) is 4.98 Å². The minimum Gasteiger partial charge on any atom is -0.296 e. The van der Waals surface area contributed by atoms with Crippen molar-refractivity contribution in [2.24, 2.45) is 0 Å². The van der Waals surface area contributed by atoms with E-state index >= 15 is 0 Å². The van der Waals surface area contributed by atoms with Gasteiger partial charge in [-0.25, -0.2) is 4.98 Å². The summed E-state index contributed by atoms with van der Waals surface area (Å²) in [4.78, 5) is 4.94. The Kier molecular flexibility index (Phi) is 7.47. The molecule has 9 aromatic carbocycles. The van der Waals surface area contributed by atoms with Gasteiger partial charge in [0, 0.05) is 12.1 Å². The summed E-state index contributed by atoms with van der Waals surface area (Å²) < 4.78 is 2.31. The van der Waals surface area contributed by atoms with Gasteiger partial charge in [-0.15, -0.1) is 0 Å². The molecule has 0 bridgehead atoms. The van der Waals surface area contributed by atoms with E-state index in [1.807, 2.05) is 0 Å². The van der Waals surface area contributed by atoms with Crippen molar-refractivity contribution >= 4 is 43.4 Å². The predicted molar refractivity (Wildman–Crippen MR) is 225 cm³/mol. The lowest BCUT2D eigenvalue weighted by molar-refractivity contribution is 0.909. The highest BCUT2D eigenvalue weighted by Crippen LogP contribution is 2.46. The number of fused-ring (bicyclic) bond motifs is 4. The largest absolute Gasteiger partial charge is 0.296 e. The van der Waals surface area contributed by atoms with Crippen LogP contribution in [-0.2, 0) is 6.42 Å². The van der Waals surface area contributed by atoms with E-state index in [0.717, 1.165) is 29.0 Å². The summed E-state index contributed by atoms with van der Waals surface area (Å²) in [5, 5.41) is 7.42. The van der Waals surface area contributed by atoms with Crippen LogP contribution < -0.4 is 0 Å². The Morgan fingerprint density at radius 2 is 0.943 bits per heavy atom. The average Bonchev–Trinajstić information content (AvgIpc) is 3.62. The summed E-state index contributed by atoms with van der Waals surface area (Å²) in [6.45, 7) is 2.17. The number of rotatable bonds is 6. The highest BCUT2D eigenvalue weighted by Gasteiger charge is 2.19. The van der Waals surface area contributed by atoms with Gasteiger partial charge in [0.15, 0.2) is 0 Å². The number of aryl methyl sites for hydroxylation is 1. The first kappa shape index (κ1) is 31.0. The van der Waals surface area contributed by atoms with Crippen molar-refractivity contribution in [1.29, 1.82) is 0 Å². The van der Waals surface area contributed by atoms with Gasteiger partial charge < -0.3 is 0 Å². The monoisotopic (exact) mass is 676 g/mol. The van der Waals surface area contributed by atoms with Gasteiger partial charge in [0.25, 0.3) is 0 Å². The fourth-order valence-corrected chi connectivity index (χ4v) is 8.22. The van der Waals surface area contributed by atoms with E-state index in [-0.39, 0.29) is 0 Å². The molecule has 0 N–H and O–H groups in total. The minimum absolute atomic E-state index is 0.865. The highest BCUT2D eigenvalue weighted by molar-refractivity contribution is 6.22. The lowest BCUT2D eigenvalue weighted by atomic mass is 9.84. The summed E-state index contributed by atoms with van der Waals surface area (Å²) >= 11 is 0. The molecule has 1 heterocycles. The molecule has 2 heteroatoms. The van der Waals surface area contributed by atoms with Crippen molar-refractivity contribution in [3.8, 4) is 50.2 Å². The van der Waals surface area contributed by atoms with Crippen molar-refractivity contribution < 1.29 is 0 Å². The van der Waals surface area contributed by atoms with Crippen LogP contribution in [0.2, 0.25) is 0 Å². The summed E-state index contributed by atoms with van der Waals surface area (Å²) in [6.07, 6.45) is 0.865. The number of imidazole rings is 1. The molecule has 0 aliphatic rings.